The summed E-state index contributed by atoms with van der Waals surface area (Å²) in [6.45, 7) is 3.26. The van der Waals surface area contributed by atoms with Crippen LogP contribution in [0.4, 0.5) is 0 Å². The first kappa shape index (κ1) is 38.4. The molecule has 0 aliphatic rings. The first-order valence-electron chi connectivity index (χ1n) is 18.1. The molecule has 0 aliphatic carbocycles. The van der Waals surface area contributed by atoms with Gasteiger partial charge in [-0.15, -0.1) is 0 Å². The van der Waals surface area contributed by atoms with Crippen molar-refractivity contribution >= 4 is 5.97 Å². The first-order chi connectivity index (χ1) is 19.3. The molecule has 0 aromatic rings. The number of hydrogen-bond donors (Lipinski definition) is 1. The molecule has 0 atom stereocenters. The topological polar surface area (TPSA) is 46.5 Å². The number of aliphatic hydroxyl groups excluding tert-OH is 1. The molecule has 0 spiro atoms. The summed E-state index contributed by atoms with van der Waals surface area (Å²) in [5.74, 6) is 0.0193. The van der Waals surface area contributed by atoms with Crippen LogP contribution in [0.15, 0.2) is 0 Å². The maximum atomic E-state index is 11.8. The summed E-state index contributed by atoms with van der Waals surface area (Å²) in [4.78, 5) is 11.8. The number of rotatable bonds is 34. The lowest BCUT2D eigenvalue weighted by atomic mass is 10.0. The third kappa shape index (κ3) is 35.4. The maximum Gasteiger partial charge on any atom is 0.305 e. The summed E-state index contributed by atoms with van der Waals surface area (Å²) in [6.07, 6.45) is 41.8. The molecule has 0 bridgehead atoms. The van der Waals surface area contributed by atoms with Crippen molar-refractivity contribution in [3.8, 4) is 0 Å². The number of ether oxygens (including phenoxy) is 1. The molecule has 0 fully saturated rings. The van der Waals surface area contributed by atoms with E-state index in [2.05, 4.69) is 6.92 Å². The van der Waals surface area contributed by atoms with E-state index in [-0.39, 0.29) is 5.97 Å². The lowest BCUT2D eigenvalue weighted by molar-refractivity contribution is -0.143. The van der Waals surface area contributed by atoms with Crippen LogP contribution in [0.5, 0.6) is 0 Å². The minimum absolute atomic E-state index is 0.0193. The van der Waals surface area contributed by atoms with E-state index in [1.54, 1.807) is 0 Å². The SMILES string of the molecule is CCCCCCCCCCCC(=O)OCCCCCCCCCCCCCCCCCCCCCCCCO. The maximum absolute atomic E-state index is 11.8. The van der Waals surface area contributed by atoms with Gasteiger partial charge in [-0.25, -0.2) is 0 Å². The lowest BCUT2D eigenvalue weighted by Gasteiger charge is -2.06. The zero-order valence-electron chi connectivity index (χ0n) is 26.8. The van der Waals surface area contributed by atoms with Crippen LogP contribution in [-0.4, -0.2) is 24.3 Å². The largest absolute Gasteiger partial charge is 0.466 e. The van der Waals surface area contributed by atoms with E-state index >= 15 is 0 Å². The van der Waals surface area contributed by atoms with Crippen molar-refractivity contribution in [2.75, 3.05) is 13.2 Å². The van der Waals surface area contributed by atoms with E-state index in [0.717, 1.165) is 19.3 Å². The molecule has 0 amide bonds. The molecule has 39 heavy (non-hydrogen) atoms. The Morgan fingerprint density at radius 3 is 1.03 bits per heavy atom. The number of carbonyl (C=O) groups is 1. The van der Waals surface area contributed by atoms with E-state index in [1.165, 1.54) is 180 Å². The Balaban J connectivity index is 3.11. The van der Waals surface area contributed by atoms with Crippen molar-refractivity contribution in [3.05, 3.63) is 0 Å². The minimum atomic E-state index is 0.0193. The van der Waals surface area contributed by atoms with Crippen molar-refractivity contribution < 1.29 is 14.6 Å². The number of unbranched alkanes of at least 4 members (excludes halogenated alkanes) is 29. The standard InChI is InChI=1S/C36H72O3/c1-2-3-4-5-6-21-24-27-30-33-36(38)39-35-32-29-26-23-20-18-16-14-12-10-8-7-9-11-13-15-17-19-22-25-28-31-34-37/h37H,2-35H2,1H3. The van der Waals surface area contributed by atoms with Gasteiger partial charge in [0, 0.05) is 13.0 Å². The molecular weight excluding hydrogens is 480 g/mol. The quantitative estimate of drug-likeness (QED) is 0.0637. The molecule has 0 saturated heterocycles. The van der Waals surface area contributed by atoms with Gasteiger partial charge in [0.25, 0.3) is 0 Å². The monoisotopic (exact) mass is 553 g/mol. The van der Waals surface area contributed by atoms with Gasteiger partial charge in [0.1, 0.15) is 0 Å². The molecule has 0 rings (SSSR count). The predicted octanol–water partition coefficient (Wildman–Crippen LogP) is 12.0. The zero-order valence-corrected chi connectivity index (χ0v) is 26.8. The Morgan fingerprint density at radius 2 is 0.692 bits per heavy atom. The van der Waals surface area contributed by atoms with Gasteiger partial charge in [0.15, 0.2) is 0 Å². The zero-order chi connectivity index (χ0) is 28.3. The second-order valence-corrected chi connectivity index (χ2v) is 12.3. The Bertz CT molecular complexity index is 451. The molecule has 0 heterocycles. The van der Waals surface area contributed by atoms with Gasteiger partial charge in [-0.3, -0.25) is 4.79 Å². The van der Waals surface area contributed by atoms with Crippen LogP contribution in [0.25, 0.3) is 0 Å². The van der Waals surface area contributed by atoms with E-state index < -0.39 is 0 Å². The highest BCUT2D eigenvalue weighted by atomic mass is 16.5. The van der Waals surface area contributed by atoms with Crippen molar-refractivity contribution in [2.45, 2.75) is 212 Å². The molecule has 0 saturated carbocycles. The Kier molecular flexibility index (Phi) is 34.9. The fourth-order valence-corrected chi connectivity index (χ4v) is 5.59. The summed E-state index contributed by atoms with van der Waals surface area (Å²) in [5.41, 5.74) is 0. The molecule has 0 aromatic carbocycles. The highest BCUT2D eigenvalue weighted by molar-refractivity contribution is 5.69. The van der Waals surface area contributed by atoms with Gasteiger partial charge < -0.3 is 9.84 Å². The smallest absolute Gasteiger partial charge is 0.305 e. The summed E-state index contributed by atoms with van der Waals surface area (Å²) in [5, 5.41) is 8.78. The van der Waals surface area contributed by atoms with E-state index in [1.807, 2.05) is 0 Å². The molecule has 1 N–H and O–H groups in total. The summed E-state index contributed by atoms with van der Waals surface area (Å²) in [7, 11) is 0. The number of esters is 1. The molecule has 3 nitrogen and oxygen atoms in total. The van der Waals surface area contributed by atoms with Crippen molar-refractivity contribution in [3.63, 3.8) is 0 Å². The van der Waals surface area contributed by atoms with Gasteiger partial charge in [-0.05, 0) is 19.3 Å². The van der Waals surface area contributed by atoms with Crippen molar-refractivity contribution in [1.82, 2.24) is 0 Å². The van der Waals surface area contributed by atoms with Crippen LogP contribution in [0.3, 0.4) is 0 Å². The normalized spacial score (nSPS) is 11.3. The average molecular weight is 553 g/mol. The Labute approximate surface area is 246 Å². The molecular formula is C36H72O3. The second-order valence-electron chi connectivity index (χ2n) is 12.3. The average Bonchev–Trinajstić information content (AvgIpc) is 2.94. The van der Waals surface area contributed by atoms with E-state index in [0.29, 0.717) is 19.6 Å². The first-order valence-corrected chi connectivity index (χ1v) is 18.1. The van der Waals surface area contributed by atoms with Crippen LogP contribution in [0.2, 0.25) is 0 Å². The van der Waals surface area contributed by atoms with Gasteiger partial charge in [-0.2, -0.15) is 0 Å². The van der Waals surface area contributed by atoms with Crippen LogP contribution >= 0.6 is 0 Å². The highest BCUT2D eigenvalue weighted by Crippen LogP contribution is 2.15. The fourth-order valence-electron chi connectivity index (χ4n) is 5.59. The Morgan fingerprint density at radius 1 is 0.410 bits per heavy atom. The number of hydrogen-bond acceptors (Lipinski definition) is 3. The van der Waals surface area contributed by atoms with Crippen molar-refractivity contribution in [2.24, 2.45) is 0 Å². The summed E-state index contributed by atoms with van der Waals surface area (Å²) < 4.78 is 5.42. The third-order valence-electron chi connectivity index (χ3n) is 8.30. The lowest BCUT2D eigenvalue weighted by Crippen LogP contribution is -2.05. The van der Waals surface area contributed by atoms with Gasteiger partial charge >= 0.3 is 5.97 Å². The second kappa shape index (κ2) is 35.5. The van der Waals surface area contributed by atoms with Gasteiger partial charge in [-0.1, -0.05) is 187 Å². The van der Waals surface area contributed by atoms with Crippen molar-refractivity contribution in [1.29, 1.82) is 0 Å². The highest BCUT2D eigenvalue weighted by Gasteiger charge is 2.03. The van der Waals surface area contributed by atoms with Crippen LogP contribution in [0.1, 0.15) is 212 Å². The molecule has 0 unspecified atom stereocenters. The van der Waals surface area contributed by atoms with Crippen LogP contribution in [-0.2, 0) is 9.53 Å². The van der Waals surface area contributed by atoms with Gasteiger partial charge in [0.2, 0.25) is 0 Å². The minimum Gasteiger partial charge on any atom is -0.466 e. The molecule has 3 heteroatoms. The third-order valence-corrected chi connectivity index (χ3v) is 8.30. The van der Waals surface area contributed by atoms with Crippen LogP contribution in [0, 0.1) is 0 Å². The fraction of sp³-hybridized carbons (Fsp3) is 0.972. The van der Waals surface area contributed by atoms with E-state index in [4.69, 9.17) is 9.84 Å². The summed E-state index contributed by atoms with van der Waals surface area (Å²) >= 11 is 0. The molecule has 0 aromatic heterocycles. The molecule has 234 valence electrons. The molecule has 0 radical (unpaired) electrons. The Hall–Kier alpha value is -0.570. The predicted molar refractivity (Wildman–Crippen MR) is 171 cm³/mol. The summed E-state index contributed by atoms with van der Waals surface area (Å²) in [6, 6.07) is 0. The number of carbonyl (C=O) groups excluding carboxylic acids is 1. The van der Waals surface area contributed by atoms with Crippen LogP contribution < -0.4 is 0 Å². The van der Waals surface area contributed by atoms with E-state index in [9.17, 15) is 4.79 Å². The number of aliphatic hydroxyl groups is 1. The van der Waals surface area contributed by atoms with Gasteiger partial charge in [0.05, 0.1) is 6.61 Å². The molecule has 0 aliphatic heterocycles.